The predicted octanol–water partition coefficient (Wildman–Crippen LogP) is 2.39. The number of rotatable bonds is 4. The summed E-state index contributed by atoms with van der Waals surface area (Å²) < 4.78 is 5.45. The molecule has 1 saturated heterocycles. The molecule has 2 aromatic heterocycles. The zero-order chi connectivity index (χ0) is 17.9. The minimum atomic E-state index is 0.108. The summed E-state index contributed by atoms with van der Waals surface area (Å²) in [5.74, 6) is 0.660. The van der Waals surface area contributed by atoms with Gasteiger partial charge < -0.3 is 14.2 Å². The number of piperazine rings is 1. The molecule has 8 heteroatoms. The highest BCUT2D eigenvalue weighted by Crippen LogP contribution is 2.24. The van der Waals surface area contributed by atoms with Crippen molar-refractivity contribution in [3.05, 3.63) is 47.3 Å². The lowest BCUT2D eigenvalue weighted by molar-refractivity contribution is -0.130. The van der Waals surface area contributed by atoms with E-state index in [0.29, 0.717) is 44.5 Å². The molecule has 0 atom stereocenters. The molecule has 0 spiro atoms. The average Bonchev–Trinajstić information content (AvgIpc) is 3.32. The Morgan fingerprint density at radius 3 is 2.62 bits per heavy atom. The molecule has 3 aromatic rings. The maximum Gasteiger partial charge on any atom is 0.318 e. The number of carbonyl (C=O) groups excluding carboxylic acids is 1. The first-order valence-electron chi connectivity index (χ1n) is 8.52. The Bertz CT molecular complexity index is 884. The Morgan fingerprint density at radius 2 is 1.92 bits per heavy atom. The van der Waals surface area contributed by atoms with Gasteiger partial charge in [-0.25, -0.2) is 4.98 Å². The second-order valence-corrected chi connectivity index (χ2v) is 7.02. The van der Waals surface area contributed by atoms with Crippen LogP contribution in [0.5, 0.6) is 0 Å². The highest BCUT2D eigenvalue weighted by Gasteiger charge is 2.24. The summed E-state index contributed by atoms with van der Waals surface area (Å²) in [5, 5.41) is 10.8. The van der Waals surface area contributed by atoms with E-state index in [1.165, 1.54) is 0 Å². The summed E-state index contributed by atoms with van der Waals surface area (Å²) in [6, 6.07) is 10.6. The first kappa shape index (κ1) is 16.7. The van der Waals surface area contributed by atoms with E-state index in [-0.39, 0.29) is 5.91 Å². The highest BCUT2D eigenvalue weighted by atomic mass is 32.1. The molecule has 1 fully saturated rings. The van der Waals surface area contributed by atoms with E-state index in [9.17, 15) is 4.79 Å². The molecular formula is C18H19N5O2S. The van der Waals surface area contributed by atoms with Crippen molar-refractivity contribution in [3.63, 3.8) is 0 Å². The van der Waals surface area contributed by atoms with Gasteiger partial charge in [-0.3, -0.25) is 4.79 Å². The van der Waals surface area contributed by atoms with Crippen LogP contribution in [0.2, 0.25) is 0 Å². The lowest BCUT2D eigenvalue weighted by Gasteiger charge is -2.33. The van der Waals surface area contributed by atoms with Crippen LogP contribution in [0, 0.1) is 6.92 Å². The molecule has 1 aromatic carbocycles. The zero-order valence-corrected chi connectivity index (χ0v) is 15.3. The molecular weight excluding hydrogens is 350 g/mol. The Balaban J connectivity index is 1.34. The second kappa shape index (κ2) is 7.25. The highest BCUT2D eigenvalue weighted by molar-refractivity contribution is 7.13. The van der Waals surface area contributed by atoms with Gasteiger partial charge in [0.05, 0.1) is 12.1 Å². The summed E-state index contributed by atoms with van der Waals surface area (Å²) in [6.45, 7) is 4.46. The number of anilines is 1. The van der Waals surface area contributed by atoms with E-state index in [1.54, 1.807) is 18.3 Å². The van der Waals surface area contributed by atoms with Crippen LogP contribution in [-0.2, 0) is 11.2 Å². The van der Waals surface area contributed by atoms with E-state index in [4.69, 9.17) is 4.42 Å². The fourth-order valence-electron chi connectivity index (χ4n) is 2.93. The van der Waals surface area contributed by atoms with Crippen molar-refractivity contribution in [3.8, 4) is 10.6 Å². The summed E-state index contributed by atoms with van der Waals surface area (Å²) in [5.41, 5.74) is 1.91. The van der Waals surface area contributed by atoms with Gasteiger partial charge in [0.2, 0.25) is 11.8 Å². The standard InChI is InChI=1S/C18H19N5O2S/c1-13-20-21-18(25-13)23-9-7-22(8-10-23)16(24)11-15-12-26-17(19-15)14-5-3-2-4-6-14/h2-6,12H,7-11H2,1H3. The molecule has 0 aliphatic carbocycles. The number of hydrogen-bond donors (Lipinski definition) is 0. The zero-order valence-electron chi connectivity index (χ0n) is 14.5. The number of aromatic nitrogens is 3. The summed E-state index contributed by atoms with van der Waals surface area (Å²) in [6.07, 6.45) is 0.336. The van der Waals surface area contributed by atoms with Gasteiger partial charge in [-0.1, -0.05) is 35.4 Å². The SMILES string of the molecule is Cc1nnc(N2CCN(C(=O)Cc3csc(-c4ccccc4)n3)CC2)o1. The van der Waals surface area contributed by atoms with Gasteiger partial charge in [0.25, 0.3) is 0 Å². The fourth-order valence-corrected chi connectivity index (χ4v) is 3.76. The topological polar surface area (TPSA) is 75.4 Å². The van der Waals surface area contributed by atoms with Crippen molar-refractivity contribution < 1.29 is 9.21 Å². The molecule has 134 valence electrons. The van der Waals surface area contributed by atoms with Crippen LogP contribution in [-0.4, -0.2) is 52.2 Å². The maximum absolute atomic E-state index is 12.6. The van der Waals surface area contributed by atoms with Gasteiger partial charge in [-0.2, -0.15) is 0 Å². The Hall–Kier alpha value is -2.74. The molecule has 0 radical (unpaired) electrons. The summed E-state index contributed by atoms with van der Waals surface area (Å²) in [4.78, 5) is 21.1. The third-order valence-electron chi connectivity index (χ3n) is 4.32. The largest absolute Gasteiger partial charge is 0.408 e. The summed E-state index contributed by atoms with van der Waals surface area (Å²) in [7, 11) is 0. The first-order valence-corrected chi connectivity index (χ1v) is 9.39. The maximum atomic E-state index is 12.6. The first-order chi connectivity index (χ1) is 12.7. The molecule has 1 amide bonds. The normalized spacial score (nSPS) is 14.7. The van der Waals surface area contributed by atoms with Crippen LogP contribution in [0.4, 0.5) is 6.01 Å². The fraction of sp³-hybridized carbons (Fsp3) is 0.333. The van der Waals surface area contributed by atoms with Gasteiger partial charge in [-0.05, 0) is 0 Å². The van der Waals surface area contributed by atoms with E-state index >= 15 is 0 Å². The molecule has 7 nitrogen and oxygen atoms in total. The third kappa shape index (κ3) is 3.60. The third-order valence-corrected chi connectivity index (χ3v) is 5.26. The number of nitrogens with zero attached hydrogens (tertiary/aromatic N) is 5. The van der Waals surface area contributed by atoms with E-state index in [0.717, 1.165) is 16.3 Å². The van der Waals surface area contributed by atoms with Gasteiger partial charge in [0, 0.05) is 44.0 Å². The number of thiazole rings is 1. The number of benzene rings is 1. The molecule has 4 rings (SSSR count). The van der Waals surface area contributed by atoms with Gasteiger partial charge >= 0.3 is 6.01 Å². The molecule has 0 saturated carbocycles. The minimum Gasteiger partial charge on any atom is -0.408 e. The Morgan fingerprint density at radius 1 is 1.15 bits per heavy atom. The van der Waals surface area contributed by atoms with Crippen molar-refractivity contribution in [2.45, 2.75) is 13.3 Å². The van der Waals surface area contributed by atoms with Crippen molar-refractivity contribution in [1.29, 1.82) is 0 Å². The quantitative estimate of drug-likeness (QED) is 0.703. The van der Waals surface area contributed by atoms with Gasteiger partial charge in [0.1, 0.15) is 5.01 Å². The van der Waals surface area contributed by atoms with Crippen LogP contribution >= 0.6 is 11.3 Å². The Kier molecular flexibility index (Phi) is 4.66. The van der Waals surface area contributed by atoms with Crippen molar-refractivity contribution in [2.24, 2.45) is 0 Å². The van der Waals surface area contributed by atoms with Crippen LogP contribution in [0.3, 0.4) is 0 Å². The predicted molar refractivity (Wildman–Crippen MR) is 99.1 cm³/mol. The van der Waals surface area contributed by atoms with E-state index in [1.807, 2.05) is 45.5 Å². The molecule has 0 unspecified atom stereocenters. The van der Waals surface area contributed by atoms with Gasteiger partial charge in [0.15, 0.2) is 0 Å². The average molecular weight is 369 g/mol. The number of carbonyl (C=O) groups is 1. The molecule has 0 N–H and O–H groups in total. The van der Waals surface area contributed by atoms with Crippen molar-refractivity contribution in [1.82, 2.24) is 20.1 Å². The lowest BCUT2D eigenvalue weighted by atomic mass is 10.2. The molecule has 1 aliphatic heterocycles. The lowest BCUT2D eigenvalue weighted by Crippen LogP contribution is -2.49. The monoisotopic (exact) mass is 369 g/mol. The van der Waals surface area contributed by atoms with Crippen LogP contribution in [0.25, 0.3) is 10.6 Å². The minimum absolute atomic E-state index is 0.108. The van der Waals surface area contributed by atoms with Crippen LogP contribution in [0.1, 0.15) is 11.6 Å². The Labute approximate surface area is 155 Å². The number of aryl methyl sites for hydroxylation is 1. The molecule has 1 aliphatic rings. The van der Waals surface area contributed by atoms with E-state index in [2.05, 4.69) is 15.2 Å². The molecule has 26 heavy (non-hydrogen) atoms. The van der Waals surface area contributed by atoms with Gasteiger partial charge in [-0.15, -0.1) is 16.4 Å². The number of amides is 1. The van der Waals surface area contributed by atoms with E-state index < -0.39 is 0 Å². The molecule has 0 bridgehead atoms. The van der Waals surface area contributed by atoms with Crippen LogP contribution < -0.4 is 4.90 Å². The number of hydrogen-bond acceptors (Lipinski definition) is 7. The van der Waals surface area contributed by atoms with Crippen molar-refractivity contribution in [2.75, 3.05) is 31.1 Å². The smallest absolute Gasteiger partial charge is 0.318 e. The molecule has 3 heterocycles. The second-order valence-electron chi connectivity index (χ2n) is 6.16. The van der Waals surface area contributed by atoms with Crippen LogP contribution in [0.15, 0.2) is 40.1 Å². The summed E-state index contributed by atoms with van der Waals surface area (Å²) >= 11 is 1.57. The van der Waals surface area contributed by atoms with Crippen molar-refractivity contribution >= 4 is 23.3 Å².